The van der Waals surface area contributed by atoms with Gasteiger partial charge in [-0.3, -0.25) is 9.78 Å². The minimum atomic E-state index is -0.0509. The summed E-state index contributed by atoms with van der Waals surface area (Å²) in [6.07, 6.45) is 3.06. The van der Waals surface area contributed by atoms with Crippen molar-refractivity contribution >= 4 is 5.91 Å². The minimum absolute atomic E-state index is 0.0211. The van der Waals surface area contributed by atoms with Crippen LogP contribution in [0.5, 0.6) is 0 Å². The van der Waals surface area contributed by atoms with Crippen molar-refractivity contribution in [3.63, 3.8) is 0 Å². The quantitative estimate of drug-likeness (QED) is 0.443. The van der Waals surface area contributed by atoms with Gasteiger partial charge in [-0.1, -0.05) is 11.2 Å². The molecule has 1 fully saturated rings. The predicted octanol–water partition coefficient (Wildman–Crippen LogP) is 2.00. The van der Waals surface area contributed by atoms with Crippen LogP contribution in [0.3, 0.4) is 0 Å². The van der Waals surface area contributed by atoms with E-state index in [0.717, 1.165) is 12.8 Å². The standard InChI is InChI=1S/C11H13N5O/c12-15-14-9-4-7-16(8-5-9)11(17)10-3-1-2-6-13-10/h1-3,6,9H,4-5,7-8H2. The molecule has 0 radical (unpaired) electrons. The van der Waals surface area contributed by atoms with Crippen LogP contribution < -0.4 is 0 Å². The van der Waals surface area contributed by atoms with E-state index < -0.39 is 0 Å². The fraction of sp³-hybridized carbons (Fsp3) is 0.455. The van der Waals surface area contributed by atoms with Crippen molar-refractivity contribution < 1.29 is 4.79 Å². The van der Waals surface area contributed by atoms with Crippen LogP contribution in [0, 0.1) is 0 Å². The van der Waals surface area contributed by atoms with E-state index >= 15 is 0 Å². The summed E-state index contributed by atoms with van der Waals surface area (Å²) in [6.45, 7) is 1.25. The Labute approximate surface area is 98.9 Å². The van der Waals surface area contributed by atoms with Gasteiger partial charge in [-0.25, -0.2) is 0 Å². The summed E-state index contributed by atoms with van der Waals surface area (Å²) in [5, 5.41) is 3.68. The number of hydrogen-bond donors (Lipinski definition) is 0. The summed E-state index contributed by atoms with van der Waals surface area (Å²) < 4.78 is 0. The number of piperidine rings is 1. The van der Waals surface area contributed by atoms with E-state index in [9.17, 15) is 4.79 Å². The van der Waals surface area contributed by atoms with Gasteiger partial charge in [-0.05, 0) is 30.5 Å². The number of likely N-dealkylation sites (tertiary alicyclic amines) is 1. The molecule has 1 aromatic rings. The van der Waals surface area contributed by atoms with E-state index in [1.165, 1.54) is 0 Å². The first-order valence-electron chi connectivity index (χ1n) is 5.56. The lowest BCUT2D eigenvalue weighted by Gasteiger charge is -2.29. The predicted molar refractivity (Wildman–Crippen MR) is 62.3 cm³/mol. The van der Waals surface area contributed by atoms with Crippen LogP contribution in [0.15, 0.2) is 29.5 Å². The molecule has 2 heterocycles. The Kier molecular flexibility index (Phi) is 3.57. The maximum Gasteiger partial charge on any atom is 0.272 e. The number of nitrogens with zero attached hydrogens (tertiary/aromatic N) is 5. The molecular formula is C11H13N5O. The number of pyridine rings is 1. The van der Waals surface area contributed by atoms with Gasteiger partial charge in [0.25, 0.3) is 5.91 Å². The summed E-state index contributed by atoms with van der Waals surface area (Å²) in [7, 11) is 0. The molecule has 0 unspecified atom stereocenters. The third-order valence-electron chi connectivity index (χ3n) is 2.85. The third kappa shape index (κ3) is 2.73. The van der Waals surface area contributed by atoms with Crippen LogP contribution in [-0.4, -0.2) is 34.9 Å². The van der Waals surface area contributed by atoms with Gasteiger partial charge < -0.3 is 4.90 Å². The molecule has 6 heteroatoms. The van der Waals surface area contributed by atoms with Crippen molar-refractivity contribution in [1.29, 1.82) is 0 Å². The normalized spacial score (nSPS) is 16.4. The topological polar surface area (TPSA) is 82.0 Å². The summed E-state index contributed by atoms with van der Waals surface area (Å²) in [5.74, 6) is -0.0509. The number of carbonyl (C=O) groups is 1. The first-order chi connectivity index (χ1) is 8.31. The molecule has 0 bridgehead atoms. The Morgan fingerprint density at radius 1 is 1.47 bits per heavy atom. The zero-order valence-corrected chi connectivity index (χ0v) is 9.36. The van der Waals surface area contributed by atoms with E-state index in [4.69, 9.17) is 5.53 Å². The van der Waals surface area contributed by atoms with Crippen molar-refractivity contribution in [3.05, 3.63) is 40.5 Å². The smallest absolute Gasteiger partial charge is 0.272 e. The molecule has 88 valence electrons. The lowest BCUT2D eigenvalue weighted by Crippen LogP contribution is -2.39. The largest absolute Gasteiger partial charge is 0.337 e. The highest BCUT2D eigenvalue weighted by molar-refractivity contribution is 5.92. The van der Waals surface area contributed by atoms with Crippen molar-refractivity contribution in [3.8, 4) is 0 Å². The van der Waals surface area contributed by atoms with Gasteiger partial charge in [0.15, 0.2) is 0 Å². The van der Waals surface area contributed by atoms with Crippen LogP contribution >= 0.6 is 0 Å². The first kappa shape index (κ1) is 11.4. The third-order valence-corrected chi connectivity index (χ3v) is 2.85. The molecule has 0 spiro atoms. The zero-order chi connectivity index (χ0) is 12.1. The molecule has 0 aliphatic carbocycles. The van der Waals surface area contributed by atoms with Crippen molar-refractivity contribution in [2.75, 3.05) is 13.1 Å². The molecule has 0 saturated carbocycles. The highest BCUT2D eigenvalue weighted by Gasteiger charge is 2.23. The highest BCUT2D eigenvalue weighted by atomic mass is 16.2. The van der Waals surface area contributed by atoms with E-state index in [1.807, 2.05) is 0 Å². The van der Waals surface area contributed by atoms with E-state index in [-0.39, 0.29) is 11.9 Å². The van der Waals surface area contributed by atoms with Gasteiger partial charge in [0.1, 0.15) is 5.69 Å². The average Bonchev–Trinajstić information content (AvgIpc) is 2.40. The fourth-order valence-corrected chi connectivity index (χ4v) is 1.91. The maximum absolute atomic E-state index is 12.0. The van der Waals surface area contributed by atoms with Crippen molar-refractivity contribution in [2.45, 2.75) is 18.9 Å². The van der Waals surface area contributed by atoms with Crippen LogP contribution in [-0.2, 0) is 0 Å². The molecule has 1 saturated heterocycles. The number of hydrogen-bond acceptors (Lipinski definition) is 3. The molecule has 0 atom stereocenters. The molecule has 6 nitrogen and oxygen atoms in total. The summed E-state index contributed by atoms with van der Waals surface area (Å²) in [4.78, 5) is 20.6. The second-order valence-corrected chi connectivity index (χ2v) is 3.94. The molecule has 1 aliphatic heterocycles. The Morgan fingerprint density at radius 3 is 2.82 bits per heavy atom. The summed E-state index contributed by atoms with van der Waals surface area (Å²) in [5.41, 5.74) is 8.81. The number of aromatic nitrogens is 1. The minimum Gasteiger partial charge on any atom is -0.337 e. The number of rotatable bonds is 2. The Bertz CT molecular complexity index is 432. The lowest BCUT2D eigenvalue weighted by molar-refractivity contribution is 0.0709. The monoisotopic (exact) mass is 231 g/mol. The van der Waals surface area contributed by atoms with Gasteiger partial charge in [0.2, 0.25) is 0 Å². The molecule has 1 aliphatic rings. The number of azide groups is 1. The Hall–Kier alpha value is -2.07. The van der Waals surface area contributed by atoms with Gasteiger partial charge in [0.05, 0.1) is 0 Å². The molecule has 17 heavy (non-hydrogen) atoms. The SMILES string of the molecule is [N-]=[N+]=NC1CCN(C(=O)c2ccccn2)CC1. The van der Waals surface area contributed by atoms with Gasteiger partial charge in [-0.15, -0.1) is 0 Å². The van der Waals surface area contributed by atoms with E-state index in [2.05, 4.69) is 15.0 Å². The number of carbonyl (C=O) groups excluding carboxylic acids is 1. The van der Waals surface area contributed by atoms with Gasteiger partial charge >= 0.3 is 0 Å². The second kappa shape index (κ2) is 5.32. The van der Waals surface area contributed by atoms with Crippen LogP contribution in [0.4, 0.5) is 0 Å². The van der Waals surface area contributed by atoms with Crippen molar-refractivity contribution in [2.24, 2.45) is 5.11 Å². The van der Waals surface area contributed by atoms with Crippen LogP contribution in [0.1, 0.15) is 23.3 Å². The van der Waals surface area contributed by atoms with E-state index in [0.29, 0.717) is 18.8 Å². The molecular weight excluding hydrogens is 218 g/mol. The molecule has 1 aromatic heterocycles. The Morgan fingerprint density at radius 2 is 2.24 bits per heavy atom. The zero-order valence-electron chi connectivity index (χ0n) is 9.36. The first-order valence-corrected chi connectivity index (χ1v) is 5.56. The van der Waals surface area contributed by atoms with E-state index in [1.54, 1.807) is 29.3 Å². The van der Waals surface area contributed by atoms with Crippen LogP contribution in [0.2, 0.25) is 0 Å². The Balaban J connectivity index is 1.97. The van der Waals surface area contributed by atoms with Gasteiger partial charge in [0, 0.05) is 30.2 Å². The second-order valence-electron chi connectivity index (χ2n) is 3.94. The van der Waals surface area contributed by atoms with Crippen molar-refractivity contribution in [1.82, 2.24) is 9.88 Å². The summed E-state index contributed by atoms with van der Waals surface area (Å²) >= 11 is 0. The maximum atomic E-state index is 12.0. The molecule has 0 aromatic carbocycles. The lowest BCUT2D eigenvalue weighted by atomic mass is 10.1. The molecule has 0 N–H and O–H groups in total. The van der Waals surface area contributed by atoms with Crippen LogP contribution in [0.25, 0.3) is 10.4 Å². The summed E-state index contributed by atoms with van der Waals surface area (Å²) in [6, 6.07) is 5.31. The molecule has 2 rings (SSSR count). The van der Waals surface area contributed by atoms with Gasteiger partial charge in [-0.2, -0.15) is 0 Å². The average molecular weight is 231 g/mol. The molecule has 1 amide bonds. The fourth-order valence-electron chi connectivity index (χ4n) is 1.91. The number of amides is 1. The highest BCUT2D eigenvalue weighted by Crippen LogP contribution is 2.15.